The molecule has 31 heavy (non-hydrogen) atoms. The van der Waals surface area contributed by atoms with Crippen LogP contribution in [0.4, 0.5) is 5.69 Å². The summed E-state index contributed by atoms with van der Waals surface area (Å²) in [6, 6.07) is 22.1. The summed E-state index contributed by atoms with van der Waals surface area (Å²) >= 11 is 0. The lowest BCUT2D eigenvalue weighted by atomic mass is 10.3. The van der Waals surface area contributed by atoms with Gasteiger partial charge in [0.15, 0.2) is 6.61 Å². The van der Waals surface area contributed by atoms with Crippen molar-refractivity contribution in [1.29, 1.82) is 0 Å². The van der Waals surface area contributed by atoms with Gasteiger partial charge in [0.2, 0.25) is 10.0 Å². The first kappa shape index (κ1) is 22.3. The van der Waals surface area contributed by atoms with Crippen LogP contribution in [-0.4, -0.2) is 27.0 Å². The standard InChI is InChI=1S/C23H24N2O5S/c1-17(2)25-31(27,28)22-14-8-18(9-15-22)24-23(26)16-29-19-10-12-21(13-11-19)30-20-6-4-3-5-7-20/h3-15,17,25H,16H2,1-2H3,(H,24,26). The van der Waals surface area contributed by atoms with Crippen molar-refractivity contribution in [3.05, 3.63) is 78.9 Å². The third-order valence-corrected chi connectivity index (χ3v) is 5.69. The molecule has 0 aliphatic heterocycles. The van der Waals surface area contributed by atoms with Crippen LogP contribution in [0.25, 0.3) is 0 Å². The second kappa shape index (κ2) is 10.1. The summed E-state index contributed by atoms with van der Waals surface area (Å²) in [7, 11) is -3.57. The summed E-state index contributed by atoms with van der Waals surface area (Å²) in [5, 5.41) is 2.67. The molecular weight excluding hydrogens is 416 g/mol. The Morgan fingerprint density at radius 1 is 0.839 bits per heavy atom. The molecule has 7 nitrogen and oxygen atoms in total. The van der Waals surface area contributed by atoms with Gasteiger partial charge in [-0.25, -0.2) is 13.1 Å². The molecule has 0 bridgehead atoms. The van der Waals surface area contributed by atoms with Crippen LogP contribution < -0.4 is 19.5 Å². The molecular formula is C23H24N2O5S. The van der Waals surface area contributed by atoms with E-state index in [0.29, 0.717) is 17.2 Å². The van der Waals surface area contributed by atoms with Gasteiger partial charge in [0.05, 0.1) is 4.90 Å². The van der Waals surface area contributed by atoms with Gasteiger partial charge in [-0.05, 0) is 74.5 Å². The third kappa shape index (κ3) is 6.84. The molecule has 0 fully saturated rings. The molecule has 0 saturated carbocycles. The Kier molecular flexibility index (Phi) is 7.28. The minimum absolute atomic E-state index is 0.133. The number of carbonyl (C=O) groups is 1. The average Bonchev–Trinajstić information content (AvgIpc) is 2.73. The molecule has 3 rings (SSSR count). The number of amides is 1. The van der Waals surface area contributed by atoms with Gasteiger partial charge in [0.1, 0.15) is 17.2 Å². The van der Waals surface area contributed by atoms with E-state index in [4.69, 9.17) is 9.47 Å². The van der Waals surface area contributed by atoms with Crippen LogP contribution in [0, 0.1) is 0 Å². The molecule has 0 heterocycles. The van der Waals surface area contributed by atoms with Crippen LogP contribution in [0.15, 0.2) is 83.8 Å². The van der Waals surface area contributed by atoms with E-state index in [1.54, 1.807) is 38.1 Å². The van der Waals surface area contributed by atoms with Gasteiger partial charge in [-0.2, -0.15) is 0 Å². The first-order valence-electron chi connectivity index (χ1n) is 9.70. The summed E-state index contributed by atoms with van der Waals surface area (Å²) in [6.07, 6.45) is 0. The van der Waals surface area contributed by atoms with Gasteiger partial charge in [0, 0.05) is 11.7 Å². The lowest BCUT2D eigenvalue weighted by Crippen LogP contribution is -2.30. The van der Waals surface area contributed by atoms with Crippen molar-refractivity contribution in [3.8, 4) is 17.2 Å². The number of hydrogen-bond acceptors (Lipinski definition) is 5. The van der Waals surface area contributed by atoms with E-state index in [2.05, 4.69) is 10.0 Å². The Hall–Kier alpha value is -3.36. The van der Waals surface area contributed by atoms with Gasteiger partial charge in [-0.15, -0.1) is 0 Å². The van der Waals surface area contributed by atoms with Crippen LogP contribution >= 0.6 is 0 Å². The van der Waals surface area contributed by atoms with E-state index >= 15 is 0 Å². The molecule has 1 amide bonds. The highest BCUT2D eigenvalue weighted by Gasteiger charge is 2.15. The molecule has 0 aliphatic rings. The maximum atomic E-state index is 12.1. The van der Waals surface area contributed by atoms with E-state index in [9.17, 15) is 13.2 Å². The van der Waals surface area contributed by atoms with Gasteiger partial charge >= 0.3 is 0 Å². The number of anilines is 1. The zero-order valence-electron chi connectivity index (χ0n) is 17.2. The molecule has 0 spiro atoms. The van der Waals surface area contributed by atoms with Crippen molar-refractivity contribution < 1.29 is 22.7 Å². The summed E-state index contributed by atoms with van der Waals surface area (Å²) in [5.41, 5.74) is 0.476. The molecule has 0 saturated heterocycles. The van der Waals surface area contributed by atoms with Crippen molar-refractivity contribution in [2.45, 2.75) is 24.8 Å². The lowest BCUT2D eigenvalue weighted by Gasteiger charge is -2.11. The summed E-state index contributed by atoms with van der Waals surface area (Å²) in [5.74, 6) is 1.55. The summed E-state index contributed by atoms with van der Waals surface area (Å²) in [6.45, 7) is 3.31. The van der Waals surface area contributed by atoms with E-state index in [-0.39, 0.29) is 23.5 Å². The average molecular weight is 441 g/mol. The summed E-state index contributed by atoms with van der Waals surface area (Å²) in [4.78, 5) is 12.3. The molecule has 0 aliphatic carbocycles. The summed E-state index contributed by atoms with van der Waals surface area (Å²) < 4.78 is 38.0. The van der Waals surface area contributed by atoms with Crippen LogP contribution in [-0.2, 0) is 14.8 Å². The minimum Gasteiger partial charge on any atom is -0.484 e. The van der Waals surface area contributed by atoms with Gasteiger partial charge in [-0.1, -0.05) is 18.2 Å². The first-order chi connectivity index (χ1) is 14.8. The SMILES string of the molecule is CC(C)NS(=O)(=O)c1ccc(NC(=O)COc2ccc(Oc3ccccc3)cc2)cc1. The van der Waals surface area contributed by atoms with Crippen LogP contribution in [0.3, 0.4) is 0 Å². The molecule has 3 aromatic rings. The number of nitrogens with one attached hydrogen (secondary N) is 2. The Bertz CT molecular complexity index is 1100. The van der Waals surface area contributed by atoms with Crippen LogP contribution in [0.5, 0.6) is 17.2 Å². The molecule has 8 heteroatoms. The number of para-hydroxylation sites is 1. The smallest absolute Gasteiger partial charge is 0.262 e. The molecule has 0 unspecified atom stereocenters. The Morgan fingerprint density at radius 2 is 1.42 bits per heavy atom. The molecule has 0 aromatic heterocycles. The number of hydrogen-bond donors (Lipinski definition) is 2. The number of ether oxygens (including phenoxy) is 2. The van der Waals surface area contributed by atoms with Crippen LogP contribution in [0.1, 0.15) is 13.8 Å². The Labute approximate surface area is 182 Å². The number of rotatable bonds is 9. The third-order valence-electron chi connectivity index (χ3n) is 4.01. The van der Waals surface area contributed by atoms with Crippen molar-refractivity contribution in [1.82, 2.24) is 4.72 Å². The van der Waals surface area contributed by atoms with E-state index in [0.717, 1.165) is 5.75 Å². The fourth-order valence-electron chi connectivity index (χ4n) is 2.67. The quantitative estimate of drug-likeness (QED) is 0.521. The normalized spacial score (nSPS) is 11.2. The van der Waals surface area contributed by atoms with Gasteiger partial charge in [0.25, 0.3) is 5.91 Å². The highest BCUT2D eigenvalue weighted by atomic mass is 32.2. The molecule has 0 radical (unpaired) electrons. The molecule has 162 valence electrons. The fourth-order valence-corrected chi connectivity index (χ4v) is 3.92. The number of benzene rings is 3. The molecule has 2 N–H and O–H groups in total. The first-order valence-corrected chi connectivity index (χ1v) is 11.2. The van der Waals surface area contributed by atoms with Gasteiger partial charge < -0.3 is 14.8 Å². The van der Waals surface area contributed by atoms with Gasteiger partial charge in [-0.3, -0.25) is 4.79 Å². The second-order valence-corrected chi connectivity index (χ2v) is 8.74. The molecule has 3 aromatic carbocycles. The van der Waals surface area contributed by atoms with E-state index in [1.807, 2.05) is 30.3 Å². The maximum Gasteiger partial charge on any atom is 0.262 e. The monoisotopic (exact) mass is 440 g/mol. The fraction of sp³-hybridized carbons (Fsp3) is 0.174. The predicted molar refractivity (Wildman–Crippen MR) is 119 cm³/mol. The predicted octanol–water partition coefficient (Wildman–Crippen LogP) is 4.18. The zero-order valence-corrected chi connectivity index (χ0v) is 18.1. The Balaban J connectivity index is 1.50. The minimum atomic E-state index is -3.57. The Morgan fingerprint density at radius 3 is 2.03 bits per heavy atom. The van der Waals surface area contributed by atoms with Crippen molar-refractivity contribution in [2.24, 2.45) is 0 Å². The zero-order chi connectivity index (χ0) is 22.3. The van der Waals surface area contributed by atoms with E-state index in [1.165, 1.54) is 24.3 Å². The maximum absolute atomic E-state index is 12.1. The van der Waals surface area contributed by atoms with Crippen molar-refractivity contribution in [2.75, 3.05) is 11.9 Å². The topological polar surface area (TPSA) is 93.7 Å². The highest BCUT2D eigenvalue weighted by Crippen LogP contribution is 2.23. The number of sulfonamides is 1. The highest BCUT2D eigenvalue weighted by molar-refractivity contribution is 7.89. The van der Waals surface area contributed by atoms with E-state index < -0.39 is 10.0 Å². The van der Waals surface area contributed by atoms with Crippen LogP contribution in [0.2, 0.25) is 0 Å². The second-order valence-electron chi connectivity index (χ2n) is 7.02. The number of carbonyl (C=O) groups excluding carboxylic acids is 1. The van der Waals surface area contributed by atoms with Crippen molar-refractivity contribution in [3.63, 3.8) is 0 Å². The largest absolute Gasteiger partial charge is 0.484 e. The molecule has 0 atom stereocenters. The van der Waals surface area contributed by atoms with Crippen molar-refractivity contribution >= 4 is 21.6 Å². The lowest BCUT2D eigenvalue weighted by molar-refractivity contribution is -0.118.